The molecule has 3 aromatic rings. The number of piperidine rings is 1. The Morgan fingerprint density at radius 3 is 2.43 bits per heavy atom. The topological polar surface area (TPSA) is 89.5 Å². The predicted octanol–water partition coefficient (Wildman–Crippen LogP) is 5.50. The van der Waals surface area contributed by atoms with E-state index in [-0.39, 0.29) is 11.8 Å². The number of halogens is 3. The molecule has 1 fully saturated rings. The molecule has 0 bridgehead atoms. The summed E-state index contributed by atoms with van der Waals surface area (Å²) >= 11 is 0. The summed E-state index contributed by atoms with van der Waals surface area (Å²) in [5, 5.41) is 8.14. The van der Waals surface area contributed by atoms with E-state index < -0.39 is 11.7 Å². The Kier molecular flexibility index (Phi) is 7.04. The van der Waals surface area contributed by atoms with Crippen molar-refractivity contribution in [1.29, 1.82) is 0 Å². The number of hydrogen-bond donors (Lipinski definition) is 0. The molecule has 2 aromatic heterocycles. The number of benzene rings is 1. The summed E-state index contributed by atoms with van der Waals surface area (Å²) in [5.41, 5.74) is 0.970. The van der Waals surface area contributed by atoms with Crippen molar-refractivity contribution in [3.63, 3.8) is 0 Å². The first-order valence-electron chi connectivity index (χ1n) is 11.4. The van der Waals surface area contributed by atoms with Crippen molar-refractivity contribution >= 4 is 11.5 Å². The minimum Gasteiger partial charge on any atom is -0.356 e. The summed E-state index contributed by atoms with van der Waals surface area (Å²) in [6.07, 6.45) is -1.26. The van der Waals surface area contributed by atoms with Gasteiger partial charge in [-0.25, -0.2) is 4.98 Å². The molecule has 1 aliphatic heterocycles. The van der Waals surface area contributed by atoms with Crippen molar-refractivity contribution in [3.05, 3.63) is 59.0 Å². The van der Waals surface area contributed by atoms with Crippen LogP contribution in [0.1, 0.15) is 73.9 Å². The molecule has 8 nitrogen and oxygen atoms in total. The molecule has 11 heteroatoms. The van der Waals surface area contributed by atoms with Crippen LogP contribution in [0.5, 0.6) is 5.88 Å². The first kappa shape index (κ1) is 24.6. The van der Waals surface area contributed by atoms with Crippen molar-refractivity contribution in [3.8, 4) is 5.88 Å². The van der Waals surface area contributed by atoms with E-state index in [4.69, 9.17) is 9.36 Å². The van der Waals surface area contributed by atoms with Gasteiger partial charge in [0.05, 0.1) is 16.8 Å². The highest BCUT2D eigenvalue weighted by molar-refractivity contribution is 5.98. The van der Waals surface area contributed by atoms with Gasteiger partial charge in [0.1, 0.15) is 12.1 Å². The Balaban J connectivity index is 1.41. The summed E-state index contributed by atoms with van der Waals surface area (Å²) in [7, 11) is 0. The van der Waals surface area contributed by atoms with Gasteiger partial charge in [-0.2, -0.15) is 23.1 Å². The quantitative estimate of drug-likeness (QED) is 0.334. The van der Waals surface area contributed by atoms with Crippen molar-refractivity contribution in [2.24, 2.45) is 5.16 Å². The summed E-state index contributed by atoms with van der Waals surface area (Å²) in [6.45, 7) is 9.10. The molecule has 0 spiro atoms. The summed E-state index contributed by atoms with van der Waals surface area (Å²) < 4.78 is 43.8. The van der Waals surface area contributed by atoms with Crippen molar-refractivity contribution in [2.45, 2.75) is 58.5 Å². The zero-order chi connectivity index (χ0) is 25.2. The van der Waals surface area contributed by atoms with Gasteiger partial charge in [0.15, 0.2) is 5.82 Å². The second kappa shape index (κ2) is 10.0. The largest absolute Gasteiger partial charge is 0.416 e. The van der Waals surface area contributed by atoms with Gasteiger partial charge in [0.2, 0.25) is 5.89 Å². The van der Waals surface area contributed by atoms with E-state index in [9.17, 15) is 13.2 Å². The second-order valence-corrected chi connectivity index (χ2v) is 8.88. The molecule has 3 heterocycles. The van der Waals surface area contributed by atoms with Crippen LogP contribution >= 0.6 is 0 Å². The van der Waals surface area contributed by atoms with Crippen LogP contribution in [0.4, 0.5) is 19.0 Å². The molecular formula is C24H27F3N6O2. The van der Waals surface area contributed by atoms with Gasteiger partial charge in [-0.1, -0.05) is 36.3 Å². The number of alkyl halides is 3. The lowest BCUT2D eigenvalue weighted by molar-refractivity contribution is -0.137. The number of hydrogen-bond acceptors (Lipinski definition) is 8. The van der Waals surface area contributed by atoms with Gasteiger partial charge >= 0.3 is 6.18 Å². The molecule has 35 heavy (non-hydrogen) atoms. The molecule has 1 aromatic carbocycles. The van der Waals surface area contributed by atoms with E-state index in [0.717, 1.165) is 55.3 Å². The van der Waals surface area contributed by atoms with Crippen LogP contribution in [-0.2, 0) is 6.18 Å². The van der Waals surface area contributed by atoms with Crippen LogP contribution in [0, 0.1) is 6.92 Å². The van der Waals surface area contributed by atoms with Crippen LogP contribution in [0.2, 0.25) is 0 Å². The first-order chi connectivity index (χ1) is 16.6. The van der Waals surface area contributed by atoms with E-state index in [1.165, 1.54) is 18.5 Å². The number of oxime groups is 1. The molecule has 0 saturated carbocycles. The van der Waals surface area contributed by atoms with Gasteiger partial charge in [0.25, 0.3) is 5.88 Å². The van der Waals surface area contributed by atoms with E-state index >= 15 is 0 Å². The Bertz CT molecular complexity index is 1180. The maximum absolute atomic E-state index is 12.8. The lowest BCUT2D eigenvalue weighted by Crippen LogP contribution is -2.34. The van der Waals surface area contributed by atoms with E-state index in [0.29, 0.717) is 23.0 Å². The maximum atomic E-state index is 12.8. The summed E-state index contributed by atoms with van der Waals surface area (Å²) in [4.78, 5) is 20.9. The van der Waals surface area contributed by atoms with E-state index in [1.807, 2.05) is 20.8 Å². The number of nitrogens with zero attached hydrogens (tertiary/aromatic N) is 6. The SMILES string of the molecule is C/C(=N/Oc1ncnc(N2CCC(c3nc(C(C)C)no3)CC2)c1C)c1ccc(C(F)(F)F)cc1. The predicted molar refractivity (Wildman–Crippen MR) is 124 cm³/mol. The average molecular weight is 489 g/mol. The van der Waals surface area contributed by atoms with Gasteiger partial charge in [0, 0.05) is 24.9 Å². The molecule has 0 atom stereocenters. The van der Waals surface area contributed by atoms with Crippen LogP contribution in [0.15, 0.2) is 40.3 Å². The molecule has 4 rings (SSSR count). The van der Waals surface area contributed by atoms with E-state index in [1.54, 1.807) is 6.92 Å². The summed E-state index contributed by atoms with van der Waals surface area (Å²) in [6, 6.07) is 4.76. The molecular weight excluding hydrogens is 461 g/mol. The fraction of sp³-hybridized carbons (Fsp3) is 0.458. The van der Waals surface area contributed by atoms with Crippen molar-refractivity contribution in [1.82, 2.24) is 20.1 Å². The van der Waals surface area contributed by atoms with Gasteiger partial charge in [-0.15, -0.1) is 0 Å². The highest BCUT2D eigenvalue weighted by atomic mass is 19.4. The molecule has 0 N–H and O–H groups in total. The monoisotopic (exact) mass is 488 g/mol. The number of anilines is 1. The Morgan fingerprint density at radius 2 is 1.83 bits per heavy atom. The third-order valence-electron chi connectivity index (χ3n) is 6.03. The van der Waals surface area contributed by atoms with Crippen LogP contribution in [-0.4, -0.2) is 38.9 Å². The second-order valence-electron chi connectivity index (χ2n) is 8.88. The molecule has 1 saturated heterocycles. The minimum atomic E-state index is -4.38. The fourth-order valence-corrected chi connectivity index (χ4v) is 3.89. The maximum Gasteiger partial charge on any atom is 0.416 e. The third kappa shape index (κ3) is 5.60. The number of aromatic nitrogens is 4. The smallest absolute Gasteiger partial charge is 0.356 e. The van der Waals surface area contributed by atoms with Crippen molar-refractivity contribution < 1.29 is 22.5 Å². The lowest BCUT2D eigenvalue weighted by atomic mass is 9.96. The standard InChI is InChI=1S/C24H27F3N6O2/c1-14(2)20-30-23(35-32-20)18-9-11-33(12-10-18)21-15(3)22(29-13-28-21)34-31-16(4)17-5-7-19(8-6-17)24(25,26)27/h5-8,13-14,18H,9-12H2,1-4H3/b31-16-. The molecule has 1 aliphatic rings. The van der Waals surface area contributed by atoms with E-state index in [2.05, 4.69) is 30.2 Å². The van der Waals surface area contributed by atoms with Crippen LogP contribution in [0.3, 0.4) is 0 Å². The highest BCUT2D eigenvalue weighted by Crippen LogP contribution is 2.32. The lowest BCUT2D eigenvalue weighted by Gasteiger charge is -2.32. The summed E-state index contributed by atoms with van der Waals surface area (Å²) in [5.74, 6) is 2.89. The molecule has 0 unspecified atom stereocenters. The van der Waals surface area contributed by atoms with Gasteiger partial charge in [-0.05, 0) is 44.4 Å². The van der Waals surface area contributed by atoms with Crippen LogP contribution < -0.4 is 9.74 Å². The molecule has 0 aliphatic carbocycles. The van der Waals surface area contributed by atoms with Crippen LogP contribution in [0.25, 0.3) is 0 Å². The zero-order valence-corrected chi connectivity index (χ0v) is 20.0. The van der Waals surface area contributed by atoms with Gasteiger partial charge < -0.3 is 14.3 Å². The Labute approximate surface area is 201 Å². The highest BCUT2D eigenvalue weighted by Gasteiger charge is 2.30. The molecule has 0 amide bonds. The zero-order valence-electron chi connectivity index (χ0n) is 20.0. The Morgan fingerprint density at radius 1 is 1.14 bits per heavy atom. The normalized spacial score (nSPS) is 15.7. The molecule has 0 radical (unpaired) electrons. The minimum absolute atomic E-state index is 0.208. The Hall–Kier alpha value is -3.50. The third-order valence-corrected chi connectivity index (χ3v) is 6.03. The molecule has 186 valence electrons. The fourth-order valence-electron chi connectivity index (χ4n) is 3.89. The van der Waals surface area contributed by atoms with Crippen molar-refractivity contribution in [2.75, 3.05) is 18.0 Å². The first-order valence-corrected chi connectivity index (χ1v) is 11.4. The average Bonchev–Trinajstić information content (AvgIpc) is 3.34. The number of rotatable bonds is 6. The van der Waals surface area contributed by atoms with Gasteiger partial charge in [-0.3, -0.25) is 0 Å².